The second-order valence-corrected chi connectivity index (χ2v) is 7.11. The fraction of sp³-hybridized carbons (Fsp3) is 0.600. The van der Waals surface area contributed by atoms with Gasteiger partial charge in [-0.05, 0) is 37.0 Å². The van der Waals surface area contributed by atoms with E-state index in [0.29, 0.717) is 12.8 Å². The SMILES string of the molecule is COc1ccc([C@H]2[C@H](C(=O)N3CCCCCC3)CCC(=O)N2C)cc1. The largest absolute Gasteiger partial charge is 0.497 e. The van der Waals surface area contributed by atoms with Gasteiger partial charge in [-0.25, -0.2) is 0 Å². The molecule has 3 rings (SSSR count). The third-order valence-corrected chi connectivity index (χ3v) is 5.55. The van der Waals surface area contributed by atoms with Gasteiger partial charge in [-0.15, -0.1) is 0 Å². The molecule has 0 bridgehead atoms. The lowest BCUT2D eigenvalue weighted by Crippen LogP contribution is -2.47. The number of likely N-dealkylation sites (tertiary alicyclic amines) is 2. The van der Waals surface area contributed by atoms with E-state index in [1.165, 1.54) is 12.8 Å². The highest BCUT2D eigenvalue weighted by Crippen LogP contribution is 2.37. The first-order chi connectivity index (χ1) is 12.1. The van der Waals surface area contributed by atoms with Crippen molar-refractivity contribution < 1.29 is 14.3 Å². The Kier molecular flexibility index (Phi) is 5.61. The number of hydrogen-bond acceptors (Lipinski definition) is 3. The van der Waals surface area contributed by atoms with Crippen molar-refractivity contribution >= 4 is 11.8 Å². The van der Waals surface area contributed by atoms with Crippen LogP contribution in [0.2, 0.25) is 0 Å². The Morgan fingerprint density at radius 3 is 2.32 bits per heavy atom. The van der Waals surface area contributed by atoms with Gasteiger partial charge in [0.2, 0.25) is 11.8 Å². The number of benzene rings is 1. The van der Waals surface area contributed by atoms with Gasteiger partial charge in [0.05, 0.1) is 19.1 Å². The van der Waals surface area contributed by atoms with Crippen LogP contribution in [0.15, 0.2) is 24.3 Å². The van der Waals surface area contributed by atoms with Crippen molar-refractivity contribution in [2.75, 3.05) is 27.2 Å². The first-order valence-corrected chi connectivity index (χ1v) is 9.30. The maximum Gasteiger partial charge on any atom is 0.228 e. The van der Waals surface area contributed by atoms with E-state index in [1.54, 1.807) is 12.0 Å². The Hall–Kier alpha value is -2.04. The molecule has 2 amide bonds. The third-order valence-electron chi connectivity index (χ3n) is 5.55. The van der Waals surface area contributed by atoms with Crippen LogP contribution in [0.1, 0.15) is 50.1 Å². The Morgan fingerprint density at radius 2 is 1.72 bits per heavy atom. The average molecular weight is 344 g/mol. The smallest absolute Gasteiger partial charge is 0.228 e. The Bertz CT molecular complexity index is 606. The molecule has 1 aromatic carbocycles. The zero-order valence-electron chi connectivity index (χ0n) is 15.2. The highest BCUT2D eigenvalue weighted by molar-refractivity contribution is 5.85. The van der Waals surface area contributed by atoms with E-state index in [0.717, 1.165) is 37.2 Å². The van der Waals surface area contributed by atoms with Gasteiger partial charge in [0.1, 0.15) is 5.75 Å². The molecule has 2 saturated heterocycles. The maximum atomic E-state index is 13.2. The molecule has 25 heavy (non-hydrogen) atoms. The molecule has 2 heterocycles. The summed E-state index contributed by atoms with van der Waals surface area (Å²) < 4.78 is 5.23. The van der Waals surface area contributed by atoms with Gasteiger partial charge in [0, 0.05) is 26.6 Å². The van der Waals surface area contributed by atoms with Crippen LogP contribution in [-0.4, -0.2) is 48.9 Å². The van der Waals surface area contributed by atoms with Crippen molar-refractivity contribution in [3.63, 3.8) is 0 Å². The molecule has 2 fully saturated rings. The van der Waals surface area contributed by atoms with E-state index in [4.69, 9.17) is 4.74 Å². The molecule has 136 valence electrons. The van der Waals surface area contributed by atoms with Crippen LogP contribution in [0.5, 0.6) is 5.75 Å². The molecular formula is C20H28N2O3. The number of carbonyl (C=O) groups excluding carboxylic acids is 2. The van der Waals surface area contributed by atoms with Crippen molar-refractivity contribution in [3.05, 3.63) is 29.8 Å². The normalized spacial score (nSPS) is 24.8. The number of methoxy groups -OCH3 is 1. The van der Waals surface area contributed by atoms with Crippen molar-refractivity contribution in [2.45, 2.75) is 44.6 Å². The molecule has 0 aliphatic carbocycles. The summed E-state index contributed by atoms with van der Waals surface area (Å²) in [5.74, 6) is 0.945. The molecule has 5 nitrogen and oxygen atoms in total. The Morgan fingerprint density at radius 1 is 1.08 bits per heavy atom. The van der Waals surface area contributed by atoms with E-state index >= 15 is 0 Å². The second kappa shape index (κ2) is 7.89. The van der Waals surface area contributed by atoms with Crippen LogP contribution >= 0.6 is 0 Å². The fourth-order valence-corrected chi connectivity index (χ4v) is 4.08. The molecule has 0 spiro atoms. The van der Waals surface area contributed by atoms with Crippen LogP contribution in [0, 0.1) is 5.92 Å². The number of ether oxygens (including phenoxy) is 1. The number of rotatable bonds is 3. The van der Waals surface area contributed by atoms with Crippen LogP contribution in [0.25, 0.3) is 0 Å². The van der Waals surface area contributed by atoms with Gasteiger partial charge in [-0.2, -0.15) is 0 Å². The number of hydrogen-bond donors (Lipinski definition) is 0. The Balaban J connectivity index is 1.86. The zero-order valence-corrected chi connectivity index (χ0v) is 15.2. The lowest BCUT2D eigenvalue weighted by molar-refractivity contribution is -0.146. The van der Waals surface area contributed by atoms with E-state index in [-0.39, 0.29) is 23.8 Å². The minimum absolute atomic E-state index is 0.112. The first kappa shape index (κ1) is 17.8. The number of carbonyl (C=O) groups is 2. The lowest BCUT2D eigenvalue weighted by atomic mass is 9.83. The molecule has 0 unspecified atom stereocenters. The van der Waals surface area contributed by atoms with Crippen molar-refractivity contribution in [2.24, 2.45) is 5.92 Å². The minimum Gasteiger partial charge on any atom is -0.497 e. The van der Waals surface area contributed by atoms with Gasteiger partial charge in [-0.3, -0.25) is 9.59 Å². The van der Waals surface area contributed by atoms with Crippen LogP contribution in [0.3, 0.4) is 0 Å². The number of nitrogens with zero attached hydrogens (tertiary/aromatic N) is 2. The van der Waals surface area contributed by atoms with Crippen LogP contribution < -0.4 is 4.74 Å². The molecule has 5 heteroatoms. The van der Waals surface area contributed by atoms with E-state index in [2.05, 4.69) is 0 Å². The van der Waals surface area contributed by atoms with Gasteiger partial charge >= 0.3 is 0 Å². The van der Waals surface area contributed by atoms with Gasteiger partial charge < -0.3 is 14.5 Å². The summed E-state index contributed by atoms with van der Waals surface area (Å²) in [6.45, 7) is 1.70. The van der Waals surface area contributed by atoms with E-state index in [1.807, 2.05) is 36.2 Å². The highest BCUT2D eigenvalue weighted by atomic mass is 16.5. The van der Waals surface area contributed by atoms with Crippen molar-refractivity contribution in [3.8, 4) is 5.75 Å². The molecule has 1 aromatic rings. The highest BCUT2D eigenvalue weighted by Gasteiger charge is 2.40. The van der Waals surface area contributed by atoms with E-state index < -0.39 is 0 Å². The fourth-order valence-electron chi connectivity index (χ4n) is 4.08. The maximum absolute atomic E-state index is 13.2. The zero-order chi connectivity index (χ0) is 17.8. The quantitative estimate of drug-likeness (QED) is 0.847. The topological polar surface area (TPSA) is 49.9 Å². The first-order valence-electron chi connectivity index (χ1n) is 9.30. The summed E-state index contributed by atoms with van der Waals surface area (Å²) >= 11 is 0. The van der Waals surface area contributed by atoms with Crippen LogP contribution in [0.4, 0.5) is 0 Å². The van der Waals surface area contributed by atoms with Crippen molar-refractivity contribution in [1.82, 2.24) is 9.80 Å². The standard InChI is InChI=1S/C20H28N2O3/c1-21-18(23)12-11-17(20(24)22-13-5-3-4-6-14-22)19(21)15-7-9-16(25-2)10-8-15/h7-10,17,19H,3-6,11-14H2,1-2H3/t17-,19+/m1/s1. The lowest BCUT2D eigenvalue weighted by Gasteiger charge is -2.40. The minimum atomic E-state index is -0.192. The number of piperidine rings is 1. The summed E-state index contributed by atoms with van der Waals surface area (Å²) in [5.41, 5.74) is 1.00. The predicted octanol–water partition coefficient (Wildman–Crippen LogP) is 3.01. The molecular weight excluding hydrogens is 316 g/mol. The summed E-state index contributed by atoms with van der Waals surface area (Å²) in [5, 5.41) is 0. The molecule has 2 atom stereocenters. The number of amides is 2. The second-order valence-electron chi connectivity index (χ2n) is 7.11. The predicted molar refractivity (Wildman–Crippen MR) is 96.3 cm³/mol. The monoisotopic (exact) mass is 344 g/mol. The molecule has 2 aliphatic rings. The molecule has 0 aromatic heterocycles. The van der Waals surface area contributed by atoms with E-state index in [9.17, 15) is 9.59 Å². The Labute approximate surface area is 149 Å². The summed E-state index contributed by atoms with van der Waals surface area (Å²) in [6.07, 6.45) is 5.66. The summed E-state index contributed by atoms with van der Waals surface area (Å²) in [4.78, 5) is 29.3. The molecule has 0 N–H and O–H groups in total. The van der Waals surface area contributed by atoms with Crippen LogP contribution in [-0.2, 0) is 9.59 Å². The summed E-state index contributed by atoms with van der Waals surface area (Å²) in [7, 11) is 3.45. The average Bonchev–Trinajstić information content (AvgIpc) is 2.93. The van der Waals surface area contributed by atoms with Crippen molar-refractivity contribution in [1.29, 1.82) is 0 Å². The molecule has 0 saturated carbocycles. The van der Waals surface area contributed by atoms with Gasteiger partial charge in [0.15, 0.2) is 0 Å². The molecule has 2 aliphatic heterocycles. The summed E-state index contributed by atoms with van der Waals surface area (Å²) in [6, 6.07) is 7.55. The molecule has 0 radical (unpaired) electrons. The van der Waals surface area contributed by atoms with Gasteiger partial charge in [0.25, 0.3) is 0 Å². The van der Waals surface area contributed by atoms with Gasteiger partial charge in [-0.1, -0.05) is 25.0 Å². The third kappa shape index (κ3) is 3.80.